The van der Waals surface area contributed by atoms with Crippen molar-refractivity contribution in [1.29, 1.82) is 0 Å². The zero-order valence-corrected chi connectivity index (χ0v) is 12.8. The van der Waals surface area contributed by atoms with Crippen molar-refractivity contribution in [1.82, 2.24) is 14.9 Å². The van der Waals surface area contributed by atoms with E-state index in [1.54, 1.807) is 12.3 Å². The Morgan fingerprint density at radius 3 is 3.10 bits per heavy atom. The molecule has 0 saturated carbocycles. The molecule has 3 rings (SSSR count). The summed E-state index contributed by atoms with van der Waals surface area (Å²) in [6, 6.07) is 5.82. The van der Waals surface area contributed by atoms with Crippen molar-refractivity contribution < 1.29 is 4.39 Å². The quantitative estimate of drug-likeness (QED) is 0.927. The molecule has 112 valence electrons. The summed E-state index contributed by atoms with van der Waals surface area (Å²) in [6.07, 6.45) is 7.04. The second-order valence-electron chi connectivity index (χ2n) is 5.52. The highest BCUT2D eigenvalue weighted by atomic mass is 35.5. The summed E-state index contributed by atoms with van der Waals surface area (Å²) in [4.78, 5) is 4.42. The number of nitrogens with one attached hydrogen (secondary N) is 1. The van der Waals surface area contributed by atoms with Gasteiger partial charge in [0.15, 0.2) is 0 Å². The Balaban J connectivity index is 1.91. The third-order valence-electron chi connectivity index (χ3n) is 4.20. The van der Waals surface area contributed by atoms with E-state index in [0.29, 0.717) is 12.1 Å². The summed E-state index contributed by atoms with van der Waals surface area (Å²) in [7, 11) is 0. The van der Waals surface area contributed by atoms with Crippen LogP contribution in [-0.2, 0) is 0 Å². The van der Waals surface area contributed by atoms with Crippen LogP contribution in [0.3, 0.4) is 0 Å². The normalized spacial score (nSPS) is 22.4. The third kappa shape index (κ3) is 2.97. The molecule has 1 aliphatic rings. The van der Waals surface area contributed by atoms with Crippen molar-refractivity contribution in [2.45, 2.75) is 38.3 Å². The van der Waals surface area contributed by atoms with Crippen molar-refractivity contribution in [3.63, 3.8) is 0 Å². The van der Waals surface area contributed by atoms with Crippen molar-refractivity contribution in [2.75, 3.05) is 6.54 Å². The number of piperidine rings is 1. The Kier molecular flexibility index (Phi) is 4.27. The molecule has 21 heavy (non-hydrogen) atoms. The summed E-state index contributed by atoms with van der Waals surface area (Å²) in [5, 5.41) is 3.67. The van der Waals surface area contributed by atoms with Crippen LogP contribution in [0.25, 0.3) is 11.4 Å². The van der Waals surface area contributed by atoms with Crippen molar-refractivity contribution in [3.05, 3.63) is 41.4 Å². The van der Waals surface area contributed by atoms with Gasteiger partial charge in [-0.3, -0.25) is 0 Å². The molecule has 0 aliphatic carbocycles. The number of halogens is 2. The van der Waals surface area contributed by atoms with Crippen LogP contribution in [-0.4, -0.2) is 22.1 Å². The van der Waals surface area contributed by atoms with Gasteiger partial charge in [0.2, 0.25) is 0 Å². The molecule has 1 aliphatic heterocycles. The van der Waals surface area contributed by atoms with Gasteiger partial charge in [0.05, 0.1) is 5.02 Å². The highest BCUT2D eigenvalue weighted by Crippen LogP contribution is 2.30. The lowest BCUT2D eigenvalue weighted by molar-refractivity contribution is 0.297. The molecule has 2 heterocycles. The van der Waals surface area contributed by atoms with Crippen molar-refractivity contribution >= 4 is 11.6 Å². The van der Waals surface area contributed by atoms with Gasteiger partial charge in [-0.2, -0.15) is 0 Å². The van der Waals surface area contributed by atoms with E-state index in [9.17, 15) is 4.39 Å². The molecule has 0 amide bonds. The van der Waals surface area contributed by atoms with E-state index in [2.05, 4.69) is 21.8 Å². The maximum absolute atomic E-state index is 13.7. The monoisotopic (exact) mass is 307 g/mol. The molecule has 0 radical (unpaired) electrons. The van der Waals surface area contributed by atoms with E-state index in [1.807, 2.05) is 12.3 Å². The van der Waals surface area contributed by atoms with Gasteiger partial charge in [-0.1, -0.05) is 18.5 Å². The average molecular weight is 308 g/mol. The number of hydrogen-bond acceptors (Lipinski definition) is 2. The van der Waals surface area contributed by atoms with E-state index in [0.717, 1.165) is 37.2 Å². The fourth-order valence-corrected chi connectivity index (χ4v) is 3.13. The lowest BCUT2D eigenvalue weighted by Crippen LogP contribution is -2.38. The Hall–Kier alpha value is -1.39. The standard InChI is InChI=1S/C16H19ClFN3/c1-2-12-10-13(5-6-19-12)21-8-7-20-16(21)11-3-4-14(17)15(18)9-11/h3-4,7-9,12-13,19H,2,5-6,10H2,1H3/t12-,13-/m1/s1. The van der Waals surface area contributed by atoms with E-state index in [-0.39, 0.29) is 5.02 Å². The molecule has 5 heteroatoms. The number of benzene rings is 1. The molecular formula is C16H19ClFN3. The number of aromatic nitrogens is 2. The third-order valence-corrected chi connectivity index (χ3v) is 4.51. The molecule has 1 saturated heterocycles. The molecule has 0 bridgehead atoms. The van der Waals surface area contributed by atoms with Crippen LogP contribution in [0.15, 0.2) is 30.6 Å². The summed E-state index contributed by atoms with van der Waals surface area (Å²) >= 11 is 5.76. The van der Waals surface area contributed by atoms with Crippen LogP contribution >= 0.6 is 11.6 Å². The molecule has 1 aromatic carbocycles. The van der Waals surface area contributed by atoms with Gasteiger partial charge in [0.25, 0.3) is 0 Å². The SMILES string of the molecule is CC[C@@H]1C[C@H](n2ccnc2-c2ccc(Cl)c(F)c2)CCN1. The van der Waals surface area contributed by atoms with Crippen LogP contribution in [0.5, 0.6) is 0 Å². The highest BCUT2D eigenvalue weighted by Gasteiger charge is 2.23. The predicted molar refractivity (Wildman–Crippen MR) is 83.0 cm³/mol. The Labute approximate surface area is 129 Å². The summed E-state index contributed by atoms with van der Waals surface area (Å²) in [5.41, 5.74) is 0.772. The van der Waals surface area contributed by atoms with Crippen LogP contribution < -0.4 is 5.32 Å². The second-order valence-corrected chi connectivity index (χ2v) is 5.93. The van der Waals surface area contributed by atoms with E-state index in [1.165, 1.54) is 6.07 Å². The van der Waals surface area contributed by atoms with Gasteiger partial charge in [-0.05, 0) is 44.0 Å². The zero-order chi connectivity index (χ0) is 14.8. The maximum atomic E-state index is 13.7. The molecule has 1 N–H and O–H groups in total. The van der Waals surface area contributed by atoms with Gasteiger partial charge in [-0.25, -0.2) is 9.37 Å². The predicted octanol–water partition coefficient (Wildman–Crippen LogP) is 4.05. The smallest absolute Gasteiger partial charge is 0.142 e. The van der Waals surface area contributed by atoms with Crippen LogP contribution in [0.4, 0.5) is 4.39 Å². The van der Waals surface area contributed by atoms with Crippen LogP contribution in [0.1, 0.15) is 32.2 Å². The minimum Gasteiger partial charge on any atom is -0.328 e. The molecular weight excluding hydrogens is 289 g/mol. The first-order valence-corrected chi connectivity index (χ1v) is 7.78. The Morgan fingerprint density at radius 1 is 1.48 bits per heavy atom. The van der Waals surface area contributed by atoms with Crippen molar-refractivity contribution in [2.24, 2.45) is 0 Å². The number of imidazole rings is 1. The van der Waals surface area contributed by atoms with Crippen molar-refractivity contribution in [3.8, 4) is 11.4 Å². The highest BCUT2D eigenvalue weighted by molar-refractivity contribution is 6.30. The summed E-state index contributed by atoms with van der Waals surface area (Å²) in [6.45, 7) is 3.21. The molecule has 2 atom stereocenters. The molecule has 0 unspecified atom stereocenters. The first-order chi connectivity index (χ1) is 10.2. The topological polar surface area (TPSA) is 29.9 Å². The Morgan fingerprint density at radius 2 is 2.33 bits per heavy atom. The van der Waals surface area contributed by atoms with Gasteiger partial charge < -0.3 is 9.88 Å². The van der Waals surface area contributed by atoms with E-state index in [4.69, 9.17) is 11.6 Å². The summed E-state index contributed by atoms with van der Waals surface area (Å²) in [5.74, 6) is 0.410. The molecule has 0 spiro atoms. The fraction of sp³-hybridized carbons (Fsp3) is 0.438. The number of rotatable bonds is 3. The fourth-order valence-electron chi connectivity index (χ4n) is 3.01. The number of hydrogen-bond donors (Lipinski definition) is 1. The maximum Gasteiger partial charge on any atom is 0.142 e. The minimum absolute atomic E-state index is 0.143. The number of nitrogens with zero attached hydrogens (tertiary/aromatic N) is 2. The molecule has 1 fully saturated rings. The van der Waals surface area contributed by atoms with Gasteiger partial charge >= 0.3 is 0 Å². The zero-order valence-electron chi connectivity index (χ0n) is 12.0. The largest absolute Gasteiger partial charge is 0.328 e. The second kappa shape index (κ2) is 6.16. The molecule has 1 aromatic heterocycles. The average Bonchev–Trinajstić information content (AvgIpc) is 2.99. The molecule has 2 aromatic rings. The van der Waals surface area contributed by atoms with Gasteiger partial charge in [0.1, 0.15) is 11.6 Å². The van der Waals surface area contributed by atoms with E-state index >= 15 is 0 Å². The van der Waals surface area contributed by atoms with E-state index < -0.39 is 5.82 Å². The first-order valence-electron chi connectivity index (χ1n) is 7.40. The van der Waals surface area contributed by atoms with Gasteiger partial charge in [-0.15, -0.1) is 0 Å². The lowest BCUT2D eigenvalue weighted by Gasteiger charge is -2.31. The first kappa shape index (κ1) is 14.5. The van der Waals surface area contributed by atoms with Crippen LogP contribution in [0.2, 0.25) is 5.02 Å². The van der Waals surface area contributed by atoms with Gasteiger partial charge in [0, 0.05) is 30.0 Å². The molecule has 3 nitrogen and oxygen atoms in total. The minimum atomic E-state index is -0.402. The Bertz CT molecular complexity index is 626. The summed E-state index contributed by atoms with van der Waals surface area (Å²) < 4.78 is 15.9. The lowest BCUT2D eigenvalue weighted by atomic mass is 9.97. The van der Waals surface area contributed by atoms with Crippen LogP contribution in [0, 0.1) is 5.82 Å².